The van der Waals surface area contributed by atoms with Crippen LogP contribution < -0.4 is 10.0 Å². The highest BCUT2D eigenvalue weighted by Gasteiger charge is 2.82. The lowest BCUT2D eigenvalue weighted by Gasteiger charge is -2.30. The minimum atomic E-state index is -3.83. The molecule has 0 aromatic carbocycles. The lowest BCUT2D eigenvalue weighted by atomic mass is 9.91. The molecule has 4 rings (SSSR count). The van der Waals surface area contributed by atoms with Crippen molar-refractivity contribution in [2.75, 3.05) is 31.1 Å². The Morgan fingerprint density at radius 1 is 1.12 bits per heavy atom. The molecule has 1 atom stereocenters. The van der Waals surface area contributed by atoms with Crippen LogP contribution in [0, 0.1) is 5.41 Å². The summed E-state index contributed by atoms with van der Waals surface area (Å²) in [4.78, 5) is 6.52. The van der Waals surface area contributed by atoms with Crippen LogP contribution in [0.4, 0.5) is 13.9 Å². The standard InChI is InChI=1S/C14H21F2N5O2S2/c15-14(16)10(13(14)4-8-21(9-5-13)25(17,22)23)11-18-12(24-19-11)20-6-2-1-3-7-20/h10H,1-9H2,(H2,17,22,23). The normalized spacial score (nSPS) is 29.1. The average molecular weight is 393 g/mol. The number of rotatable bonds is 3. The zero-order chi connectivity index (χ0) is 17.9. The molecule has 1 unspecified atom stereocenters. The van der Waals surface area contributed by atoms with E-state index >= 15 is 0 Å². The molecule has 1 aromatic heterocycles. The molecule has 2 N–H and O–H groups in total. The number of hydrogen-bond acceptors (Lipinski definition) is 6. The molecule has 0 amide bonds. The van der Waals surface area contributed by atoms with Crippen LogP contribution in [0.15, 0.2) is 0 Å². The maximum Gasteiger partial charge on any atom is 0.276 e. The third-order valence-electron chi connectivity index (χ3n) is 5.79. The fourth-order valence-corrected chi connectivity index (χ4v) is 5.68. The number of hydrogen-bond donors (Lipinski definition) is 1. The second-order valence-electron chi connectivity index (χ2n) is 7.14. The van der Waals surface area contributed by atoms with Crippen molar-refractivity contribution in [3.8, 4) is 0 Å². The largest absolute Gasteiger partial charge is 0.347 e. The summed E-state index contributed by atoms with van der Waals surface area (Å²) in [7, 11) is -3.83. The van der Waals surface area contributed by atoms with Gasteiger partial charge in [0, 0.05) is 37.7 Å². The molecule has 3 fully saturated rings. The Balaban J connectivity index is 1.51. The van der Waals surface area contributed by atoms with Gasteiger partial charge in [-0.2, -0.15) is 17.1 Å². The van der Waals surface area contributed by atoms with Crippen LogP contribution in [0.25, 0.3) is 0 Å². The molecule has 1 aliphatic carbocycles. The number of alkyl halides is 2. The van der Waals surface area contributed by atoms with Crippen molar-refractivity contribution < 1.29 is 17.2 Å². The molecule has 3 heterocycles. The first kappa shape index (κ1) is 17.5. The Morgan fingerprint density at radius 2 is 1.76 bits per heavy atom. The molecule has 1 spiro atoms. The summed E-state index contributed by atoms with van der Waals surface area (Å²) in [5.41, 5.74) is -1.23. The van der Waals surface area contributed by atoms with Crippen molar-refractivity contribution in [1.29, 1.82) is 0 Å². The van der Waals surface area contributed by atoms with E-state index in [1.807, 2.05) is 0 Å². The SMILES string of the molecule is NS(=O)(=O)N1CCC2(CC1)C(c1nsc(N3CCCCC3)n1)C2(F)F. The summed E-state index contributed by atoms with van der Waals surface area (Å²) in [6, 6.07) is 0. The predicted molar refractivity (Wildman–Crippen MR) is 90.0 cm³/mol. The Kier molecular flexibility index (Phi) is 4.06. The van der Waals surface area contributed by atoms with Gasteiger partial charge in [0.15, 0.2) is 5.82 Å². The van der Waals surface area contributed by atoms with Crippen LogP contribution >= 0.6 is 11.5 Å². The van der Waals surface area contributed by atoms with E-state index in [4.69, 9.17) is 5.14 Å². The minimum Gasteiger partial charge on any atom is -0.347 e. The predicted octanol–water partition coefficient (Wildman–Crippen LogP) is 1.55. The molecule has 140 valence electrons. The molecule has 7 nitrogen and oxygen atoms in total. The van der Waals surface area contributed by atoms with E-state index in [-0.39, 0.29) is 31.8 Å². The quantitative estimate of drug-likeness (QED) is 0.841. The van der Waals surface area contributed by atoms with Crippen LogP contribution in [-0.2, 0) is 10.2 Å². The molecule has 11 heteroatoms. The number of halogens is 2. The van der Waals surface area contributed by atoms with Gasteiger partial charge in [-0.25, -0.2) is 18.9 Å². The second kappa shape index (κ2) is 5.80. The Labute approximate surface area is 149 Å². The van der Waals surface area contributed by atoms with Gasteiger partial charge < -0.3 is 4.90 Å². The molecule has 1 aromatic rings. The monoisotopic (exact) mass is 393 g/mol. The number of aromatic nitrogens is 2. The summed E-state index contributed by atoms with van der Waals surface area (Å²) in [6.45, 7) is 1.83. The molecule has 25 heavy (non-hydrogen) atoms. The molecular formula is C14H21F2N5O2S2. The highest BCUT2D eigenvalue weighted by Crippen LogP contribution is 2.75. The number of nitrogens with zero attached hydrogens (tertiary/aromatic N) is 4. The Hall–Kier alpha value is -0.910. The van der Waals surface area contributed by atoms with Crippen LogP contribution in [0.2, 0.25) is 0 Å². The van der Waals surface area contributed by atoms with Crippen LogP contribution in [0.1, 0.15) is 43.8 Å². The molecule has 0 bridgehead atoms. The van der Waals surface area contributed by atoms with Gasteiger partial charge in [-0.1, -0.05) is 0 Å². The van der Waals surface area contributed by atoms with E-state index in [9.17, 15) is 17.2 Å². The zero-order valence-electron chi connectivity index (χ0n) is 13.7. The third-order valence-corrected chi connectivity index (χ3v) is 7.66. The van der Waals surface area contributed by atoms with Crippen molar-refractivity contribution in [2.45, 2.75) is 43.9 Å². The van der Waals surface area contributed by atoms with Crippen molar-refractivity contribution in [2.24, 2.45) is 10.6 Å². The highest BCUT2D eigenvalue weighted by molar-refractivity contribution is 7.86. The molecule has 2 aliphatic heterocycles. The average Bonchev–Trinajstić information content (AvgIpc) is 2.91. The second-order valence-corrected chi connectivity index (χ2v) is 9.42. The van der Waals surface area contributed by atoms with Crippen molar-refractivity contribution in [1.82, 2.24) is 13.7 Å². The first-order chi connectivity index (χ1) is 11.8. The molecular weight excluding hydrogens is 372 g/mol. The third kappa shape index (κ3) is 2.75. The van der Waals surface area contributed by atoms with Crippen LogP contribution in [0.5, 0.6) is 0 Å². The van der Waals surface area contributed by atoms with Crippen molar-refractivity contribution in [3.63, 3.8) is 0 Å². The Morgan fingerprint density at radius 3 is 2.36 bits per heavy atom. The van der Waals surface area contributed by atoms with Crippen molar-refractivity contribution >= 4 is 26.9 Å². The summed E-state index contributed by atoms with van der Waals surface area (Å²) in [5, 5.41) is 5.82. The van der Waals surface area contributed by atoms with Crippen LogP contribution in [-0.4, -0.2) is 54.2 Å². The van der Waals surface area contributed by atoms with Gasteiger partial charge in [0.05, 0.1) is 11.3 Å². The Bertz CT molecular complexity index is 755. The van der Waals surface area contributed by atoms with E-state index in [1.165, 1.54) is 18.0 Å². The van der Waals surface area contributed by atoms with E-state index in [0.717, 1.165) is 35.4 Å². The highest BCUT2D eigenvalue weighted by atomic mass is 32.2. The zero-order valence-corrected chi connectivity index (χ0v) is 15.3. The van der Waals surface area contributed by atoms with Gasteiger partial charge in [0.2, 0.25) is 5.13 Å². The minimum absolute atomic E-state index is 0.0219. The fraction of sp³-hybridized carbons (Fsp3) is 0.857. The van der Waals surface area contributed by atoms with Crippen molar-refractivity contribution in [3.05, 3.63) is 5.82 Å². The fourth-order valence-electron chi connectivity index (χ4n) is 4.24. The summed E-state index contributed by atoms with van der Waals surface area (Å²) >= 11 is 1.18. The summed E-state index contributed by atoms with van der Waals surface area (Å²) in [6.07, 6.45) is 3.52. The number of nitrogens with two attached hydrogens (primary N) is 1. The van der Waals surface area contributed by atoms with Gasteiger partial charge in [-0.15, -0.1) is 0 Å². The lowest BCUT2D eigenvalue weighted by Crippen LogP contribution is -2.43. The molecule has 0 radical (unpaired) electrons. The topological polar surface area (TPSA) is 92.4 Å². The van der Waals surface area contributed by atoms with E-state index < -0.39 is 27.5 Å². The van der Waals surface area contributed by atoms with E-state index in [0.29, 0.717) is 0 Å². The lowest BCUT2D eigenvalue weighted by molar-refractivity contribution is 0.0411. The molecule has 2 saturated heterocycles. The molecule has 1 saturated carbocycles. The first-order valence-electron chi connectivity index (χ1n) is 8.50. The smallest absolute Gasteiger partial charge is 0.276 e. The van der Waals surface area contributed by atoms with Gasteiger partial charge in [-0.05, 0) is 32.1 Å². The van der Waals surface area contributed by atoms with E-state index in [1.54, 1.807) is 0 Å². The maximum absolute atomic E-state index is 14.6. The summed E-state index contributed by atoms with van der Waals surface area (Å²) < 4.78 is 57.3. The van der Waals surface area contributed by atoms with E-state index in [2.05, 4.69) is 14.3 Å². The van der Waals surface area contributed by atoms with Gasteiger partial charge in [-0.3, -0.25) is 0 Å². The number of anilines is 1. The van der Waals surface area contributed by atoms with Gasteiger partial charge in [0.1, 0.15) is 0 Å². The number of piperidine rings is 2. The summed E-state index contributed by atoms with van der Waals surface area (Å²) in [5.74, 6) is -3.70. The van der Waals surface area contributed by atoms with Gasteiger partial charge >= 0.3 is 0 Å². The molecule has 3 aliphatic rings. The first-order valence-corrected chi connectivity index (χ1v) is 10.8. The van der Waals surface area contributed by atoms with Crippen LogP contribution in [0.3, 0.4) is 0 Å². The maximum atomic E-state index is 14.6. The van der Waals surface area contributed by atoms with Gasteiger partial charge in [0.25, 0.3) is 16.1 Å².